The quantitative estimate of drug-likeness (QED) is 0.906. The third kappa shape index (κ3) is 2.39. The van der Waals surface area contributed by atoms with Gasteiger partial charge in [-0.15, -0.1) is 0 Å². The van der Waals surface area contributed by atoms with E-state index in [1.165, 1.54) is 5.56 Å². The van der Waals surface area contributed by atoms with Gasteiger partial charge in [-0.2, -0.15) is 0 Å². The fourth-order valence-corrected chi connectivity index (χ4v) is 2.60. The Morgan fingerprint density at radius 2 is 1.89 bits per heavy atom. The number of nitrogens with one attached hydrogen (secondary N) is 1. The third-order valence-corrected chi connectivity index (χ3v) is 3.72. The molecule has 2 aromatic carbocycles. The summed E-state index contributed by atoms with van der Waals surface area (Å²) >= 11 is 0. The molecule has 2 aromatic rings. The molecule has 0 saturated heterocycles. The number of anilines is 1. The van der Waals surface area contributed by atoms with Crippen LogP contribution in [0.1, 0.15) is 22.6 Å². The Balaban J connectivity index is 1.77. The highest BCUT2D eigenvalue weighted by molar-refractivity contribution is 5.91. The number of fused-ring (bicyclic) bond motifs is 1. The average molecular weight is 251 g/mol. The van der Waals surface area contributed by atoms with E-state index in [0.29, 0.717) is 12.2 Å². The summed E-state index contributed by atoms with van der Waals surface area (Å²) in [6, 6.07) is 16.3. The van der Waals surface area contributed by atoms with Crippen LogP contribution < -0.4 is 5.32 Å². The van der Waals surface area contributed by atoms with Gasteiger partial charge in [0, 0.05) is 18.7 Å². The Kier molecular flexibility index (Phi) is 3.08. The van der Waals surface area contributed by atoms with Crippen LogP contribution in [0.15, 0.2) is 48.5 Å². The van der Waals surface area contributed by atoms with Crippen molar-refractivity contribution in [2.24, 2.45) is 0 Å². The number of ketones is 1. The summed E-state index contributed by atoms with van der Waals surface area (Å²) in [5.41, 5.74) is 4.56. The predicted octanol–water partition coefficient (Wildman–Crippen LogP) is 3.32. The highest BCUT2D eigenvalue weighted by Crippen LogP contribution is 2.32. The maximum Gasteiger partial charge on any atom is 0.146 e. The van der Waals surface area contributed by atoms with E-state index in [1.807, 2.05) is 36.4 Å². The molecule has 3 rings (SSSR count). The van der Waals surface area contributed by atoms with Crippen LogP contribution in [-0.4, -0.2) is 12.3 Å². The van der Waals surface area contributed by atoms with Crippen molar-refractivity contribution < 1.29 is 4.79 Å². The summed E-state index contributed by atoms with van der Waals surface area (Å²) in [6.07, 6.45) is 0.515. The normalized spacial score (nSPS) is 16.8. The first kappa shape index (κ1) is 12.0. The summed E-state index contributed by atoms with van der Waals surface area (Å²) < 4.78 is 0. The molecule has 0 fully saturated rings. The van der Waals surface area contributed by atoms with Crippen molar-refractivity contribution in [1.29, 1.82) is 0 Å². The van der Waals surface area contributed by atoms with E-state index < -0.39 is 0 Å². The van der Waals surface area contributed by atoms with E-state index >= 15 is 0 Å². The summed E-state index contributed by atoms with van der Waals surface area (Å²) in [5.74, 6) is 0.291. The molecule has 1 aliphatic rings. The lowest BCUT2D eigenvalue weighted by Crippen LogP contribution is -2.16. The van der Waals surface area contributed by atoms with E-state index in [-0.39, 0.29) is 5.92 Å². The lowest BCUT2D eigenvalue weighted by molar-refractivity contribution is -0.119. The molecule has 0 spiro atoms. The van der Waals surface area contributed by atoms with Crippen molar-refractivity contribution in [3.8, 4) is 0 Å². The summed E-state index contributed by atoms with van der Waals surface area (Å²) in [6.45, 7) is 2.78. The minimum absolute atomic E-state index is 0.00231. The Labute approximate surface area is 113 Å². The number of hydrogen-bond acceptors (Lipinski definition) is 2. The third-order valence-electron chi connectivity index (χ3n) is 3.72. The van der Waals surface area contributed by atoms with Crippen molar-refractivity contribution in [1.82, 2.24) is 0 Å². The van der Waals surface area contributed by atoms with Crippen LogP contribution in [-0.2, 0) is 11.2 Å². The van der Waals surface area contributed by atoms with Crippen molar-refractivity contribution in [3.05, 3.63) is 65.2 Å². The number of para-hydroxylation sites is 1. The summed E-state index contributed by atoms with van der Waals surface area (Å²) in [5, 5.41) is 3.31. The Hall–Kier alpha value is -2.09. The van der Waals surface area contributed by atoms with Gasteiger partial charge >= 0.3 is 0 Å². The number of Topliss-reactive ketones (excluding diaryl/α,β-unsaturated/α-hetero) is 1. The van der Waals surface area contributed by atoms with Crippen molar-refractivity contribution in [2.75, 3.05) is 11.9 Å². The molecule has 2 heteroatoms. The van der Waals surface area contributed by atoms with Gasteiger partial charge in [-0.1, -0.05) is 48.0 Å². The van der Waals surface area contributed by atoms with Crippen LogP contribution in [0.4, 0.5) is 5.69 Å². The molecule has 19 heavy (non-hydrogen) atoms. The minimum Gasteiger partial charge on any atom is -0.384 e. The molecule has 1 N–H and O–H groups in total. The van der Waals surface area contributed by atoms with E-state index in [9.17, 15) is 4.79 Å². The van der Waals surface area contributed by atoms with Crippen LogP contribution >= 0.6 is 0 Å². The highest BCUT2D eigenvalue weighted by atomic mass is 16.1. The van der Waals surface area contributed by atoms with Gasteiger partial charge in [0.1, 0.15) is 5.78 Å². The van der Waals surface area contributed by atoms with Gasteiger partial charge in [0.15, 0.2) is 0 Å². The van der Waals surface area contributed by atoms with Crippen molar-refractivity contribution >= 4 is 11.5 Å². The molecule has 2 nitrogen and oxygen atoms in total. The minimum atomic E-state index is -0.00231. The summed E-state index contributed by atoms with van der Waals surface area (Å²) in [4.78, 5) is 12.4. The molecule has 1 unspecified atom stereocenters. The van der Waals surface area contributed by atoms with Gasteiger partial charge in [0.25, 0.3) is 0 Å². The van der Waals surface area contributed by atoms with E-state index in [2.05, 4.69) is 24.4 Å². The molecule has 96 valence electrons. The molecular formula is C17H17NO. The van der Waals surface area contributed by atoms with E-state index in [4.69, 9.17) is 0 Å². The summed E-state index contributed by atoms with van der Waals surface area (Å²) in [7, 11) is 0. The van der Waals surface area contributed by atoms with Gasteiger partial charge in [-0.25, -0.2) is 0 Å². The number of aryl methyl sites for hydroxylation is 1. The largest absolute Gasteiger partial charge is 0.384 e. The average Bonchev–Trinajstić information content (AvgIpc) is 2.85. The Morgan fingerprint density at radius 1 is 1.16 bits per heavy atom. The number of rotatable bonds is 3. The SMILES string of the molecule is Cc1ccc(CC(=O)C2CNc3ccccc32)cc1. The van der Waals surface area contributed by atoms with Crippen molar-refractivity contribution in [2.45, 2.75) is 19.3 Å². The van der Waals surface area contributed by atoms with Gasteiger partial charge in [-0.05, 0) is 24.1 Å². The first-order chi connectivity index (χ1) is 9.24. The molecule has 0 bridgehead atoms. The van der Waals surface area contributed by atoms with Gasteiger partial charge in [0.2, 0.25) is 0 Å². The van der Waals surface area contributed by atoms with Gasteiger partial charge < -0.3 is 5.32 Å². The standard InChI is InChI=1S/C17H17NO/c1-12-6-8-13(9-7-12)10-17(19)15-11-18-16-5-3-2-4-14(15)16/h2-9,15,18H,10-11H2,1H3. The first-order valence-corrected chi connectivity index (χ1v) is 6.65. The smallest absolute Gasteiger partial charge is 0.146 e. The number of carbonyl (C=O) groups excluding carboxylic acids is 1. The number of benzene rings is 2. The zero-order chi connectivity index (χ0) is 13.2. The highest BCUT2D eigenvalue weighted by Gasteiger charge is 2.27. The molecule has 0 aliphatic carbocycles. The molecule has 0 aromatic heterocycles. The van der Waals surface area contributed by atoms with Crippen LogP contribution in [0.3, 0.4) is 0 Å². The van der Waals surface area contributed by atoms with E-state index in [1.54, 1.807) is 0 Å². The molecule has 0 amide bonds. The topological polar surface area (TPSA) is 29.1 Å². The van der Waals surface area contributed by atoms with Crippen LogP contribution in [0.2, 0.25) is 0 Å². The fourth-order valence-electron chi connectivity index (χ4n) is 2.60. The van der Waals surface area contributed by atoms with E-state index in [0.717, 1.165) is 23.4 Å². The maximum atomic E-state index is 12.4. The monoisotopic (exact) mass is 251 g/mol. The Bertz CT molecular complexity index is 601. The van der Waals surface area contributed by atoms with Crippen LogP contribution in [0.25, 0.3) is 0 Å². The first-order valence-electron chi connectivity index (χ1n) is 6.65. The maximum absolute atomic E-state index is 12.4. The second kappa shape index (κ2) is 4.88. The lowest BCUT2D eigenvalue weighted by Gasteiger charge is -2.09. The van der Waals surface area contributed by atoms with Crippen LogP contribution in [0.5, 0.6) is 0 Å². The second-order valence-electron chi connectivity index (χ2n) is 5.15. The van der Waals surface area contributed by atoms with Gasteiger partial charge in [0.05, 0.1) is 5.92 Å². The molecular weight excluding hydrogens is 234 g/mol. The lowest BCUT2D eigenvalue weighted by atomic mass is 9.92. The van der Waals surface area contributed by atoms with Crippen LogP contribution in [0, 0.1) is 6.92 Å². The number of carbonyl (C=O) groups is 1. The Morgan fingerprint density at radius 3 is 2.68 bits per heavy atom. The number of hydrogen-bond donors (Lipinski definition) is 1. The fraction of sp³-hybridized carbons (Fsp3) is 0.235. The molecule has 1 heterocycles. The second-order valence-corrected chi connectivity index (χ2v) is 5.15. The van der Waals surface area contributed by atoms with Gasteiger partial charge in [-0.3, -0.25) is 4.79 Å². The molecule has 0 radical (unpaired) electrons. The zero-order valence-corrected chi connectivity index (χ0v) is 11.0. The molecule has 1 aliphatic heterocycles. The molecule has 0 saturated carbocycles. The zero-order valence-electron chi connectivity index (χ0n) is 11.0. The van der Waals surface area contributed by atoms with Crippen molar-refractivity contribution in [3.63, 3.8) is 0 Å². The predicted molar refractivity (Wildman–Crippen MR) is 77.6 cm³/mol. The molecule has 1 atom stereocenters.